The van der Waals surface area contributed by atoms with Crippen LogP contribution in [0.2, 0.25) is 0 Å². The van der Waals surface area contributed by atoms with Gasteiger partial charge in [-0.25, -0.2) is 9.59 Å². The van der Waals surface area contributed by atoms with E-state index in [2.05, 4.69) is 0 Å². The summed E-state index contributed by atoms with van der Waals surface area (Å²) in [6.07, 6.45) is -18.3. The van der Waals surface area contributed by atoms with Gasteiger partial charge in [0.15, 0.2) is 6.10 Å². The van der Waals surface area contributed by atoms with Crippen molar-refractivity contribution in [3.05, 3.63) is 0 Å². The number of amides is 3. The maximum absolute atomic E-state index is 14.3. The van der Waals surface area contributed by atoms with Gasteiger partial charge in [-0.05, 0) is 13.3 Å². The molecule has 2 saturated heterocycles. The normalized spacial score (nSPS) is 34.0. The lowest BCUT2D eigenvalue weighted by Gasteiger charge is -2.52. The second-order valence-corrected chi connectivity index (χ2v) is 11.4. The summed E-state index contributed by atoms with van der Waals surface area (Å²) >= 11 is 0. The first kappa shape index (κ1) is 39.1. The average Bonchev–Trinajstić information content (AvgIpc) is 3.01. The predicted octanol–water partition coefficient (Wildman–Crippen LogP) is -6.08. The largest absolute Gasteiger partial charge is 0.481 e. The molecule has 2 aliphatic rings. The molecule has 0 spiro atoms. The van der Waals surface area contributed by atoms with E-state index in [1.165, 1.54) is 0 Å². The maximum atomic E-state index is 14.3. The number of aliphatic carboxylic acids is 3. The Labute approximate surface area is 274 Å². The SMILES string of the molecule is [2H][C@@](C(=O)N[C@@H](CCC(=O)O)C(=O)O)(C(C1O[C@H](CO)[C@@H](O)[C@H](O)[C@H]1N)C1O[C@H](CO)[C@@H](O)[C@H](O[C@H](C)C(=O)O)[C@H]1N)N(C(C)=O)C(C)=O. The van der Waals surface area contributed by atoms with Crippen molar-refractivity contribution >= 4 is 35.6 Å². The van der Waals surface area contributed by atoms with Crippen LogP contribution in [0.4, 0.5) is 0 Å². The Bertz CT molecular complexity index is 1230. The number of nitrogens with two attached hydrogens (primary N) is 2. The van der Waals surface area contributed by atoms with Crippen molar-refractivity contribution in [1.29, 1.82) is 0 Å². The summed E-state index contributed by atoms with van der Waals surface area (Å²) < 4.78 is 26.7. The minimum Gasteiger partial charge on any atom is -0.481 e. The van der Waals surface area contributed by atoms with E-state index < -0.39 is 147 Å². The van der Waals surface area contributed by atoms with E-state index in [-0.39, 0.29) is 4.90 Å². The van der Waals surface area contributed by atoms with E-state index in [1.54, 1.807) is 0 Å². The number of carboxylic acids is 3. The van der Waals surface area contributed by atoms with Gasteiger partial charge in [0, 0.05) is 26.2 Å². The van der Waals surface area contributed by atoms with Crippen molar-refractivity contribution in [2.45, 2.75) is 113 Å². The summed E-state index contributed by atoms with van der Waals surface area (Å²) in [5, 5.41) is 82.5. The van der Waals surface area contributed by atoms with Crippen molar-refractivity contribution < 1.29 is 85.2 Å². The van der Waals surface area contributed by atoms with Crippen molar-refractivity contribution in [1.82, 2.24) is 10.2 Å². The summed E-state index contributed by atoms with van der Waals surface area (Å²) in [6.45, 7) is 0.496. The zero-order valence-corrected chi connectivity index (χ0v) is 26.2. The fourth-order valence-electron chi connectivity index (χ4n) is 5.65. The predicted molar refractivity (Wildman–Crippen MR) is 154 cm³/mol. The van der Waals surface area contributed by atoms with Crippen molar-refractivity contribution in [2.75, 3.05) is 13.2 Å². The summed E-state index contributed by atoms with van der Waals surface area (Å²) in [7, 11) is 0. The number of hydrogen-bond donors (Lipinski definition) is 11. The van der Waals surface area contributed by atoms with Gasteiger partial charge < -0.3 is 71.8 Å². The Kier molecular flexibility index (Phi) is 14.1. The number of aliphatic hydroxyl groups excluding tert-OH is 5. The van der Waals surface area contributed by atoms with Gasteiger partial charge >= 0.3 is 17.9 Å². The smallest absolute Gasteiger partial charge is 0.332 e. The molecule has 2 heterocycles. The first-order valence-corrected chi connectivity index (χ1v) is 14.7. The van der Waals surface area contributed by atoms with E-state index in [4.69, 9.17) is 30.8 Å². The van der Waals surface area contributed by atoms with E-state index >= 15 is 0 Å². The fraction of sp³-hybridized carbons (Fsp3) is 0.778. The van der Waals surface area contributed by atoms with Gasteiger partial charge in [0.1, 0.15) is 48.7 Å². The van der Waals surface area contributed by atoms with E-state index in [0.717, 1.165) is 20.8 Å². The number of ether oxygens (including phenoxy) is 3. The molecule has 2 aliphatic heterocycles. The number of carboxylic acid groups (broad SMARTS) is 3. The van der Waals surface area contributed by atoms with Gasteiger partial charge in [-0.3, -0.25) is 24.1 Å². The monoisotopic (exact) mass is 697 g/mol. The molecule has 13 N–H and O–H groups in total. The van der Waals surface area contributed by atoms with Crippen LogP contribution in [-0.2, 0) is 43.0 Å². The number of nitrogens with zero attached hydrogens (tertiary/aromatic N) is 1. The van der Waals surface area contributed by atoms with Gasteiger partial charge in [0.25, 0.3) is 0 Å². The molecule has 0 bridgehead atoms. The highest BCUT2D eigenvalue weighted by Crippen LogP contribution is 2.37. The standard InChI is InChI=1S/C27H44N4O17/c1-8(26(42)43)46-24-17(29)23(48-13(7-33)20(24)39)15(22-16(28)21(40)19(38)12(6-32)47-22)18(31(9(2)34)10(3)35)25(41)30-11(27(44)45)4-5-14(36)37/h8,11-13,15-24,32-33,38-40H,4-7,28-29H2,1-3H3,(H,30,41)(H,36,37)(H,42,43)(H,44,45)/t8-,11+,12-,13-,15?,16-,17+,18+,19-,20-,21-,22?,23?,24-/m1/s1/i18D. The van der Waals surface area contributed by atoms with Crippen LogP contribution in [0.25, 0.3) is 0 Å². The van der Waals surface area contributed by atoms with Crippen molar-refractivity contribution in [2.24, 2.45) is 17.4 Å². The average molecular weight is 698 g/mol. The molecule has 0 aromatic rings. The van der Waals surface area contributed by atoms with Crippen LogP contribution in [-0.4, -0.2) is 174 Å². The quantitative estimate of drug-likeness (QED) is 0.0758. The number of nitrogens with one attached hydrogen (secondary N) is 1. The third kappa shape index (κ3) is 9.19. The topological polar surface area (TPSA) is 359 Å². The molecule has 3 unspecified atom stereocenters. The highest BCUT2D eigenvalue weighted by Gasteiger charge is 2.58. The number of aliphatic hydroxyl groups is 5. The molecule has 21 heteroatoms. The Balaban J connectivity index is 2.98. The van der Waals surface area contributed by atoms with Gasteiger partial charge in [-0.1, -0.05) is 0 Å². The summed E-state index contributed by atoms with van der Waals surface area (Å²) in [6, 6.07) is -9.24. The lowest BCUT2D eigenvalue weighted by atomic mass is 9.74. The van der Waals surface area contributed by atoms with Gasteiger partial charge in [0.05, 0.1) is 38.9 Å². The van der Waals surface area contributed by atoms with E-state index in [1.807, 2.05) is 5.32 Å². The lowest BCUT2D eigenvalue weighted by molar-refractivity contribution is -0.256. The molecular weight excluding hydrogens is 652 g/mol. The second-order valence-electron chi connectivity index (χ2n) is 11.4. The van der Waals surface area contributed by atoms with E-state index in [9.17, 15) is 65.9 Å². The molecule has 0 saturated carbocycles. The van der Waals surface area contributed by atoms with Gasteiger partial charge in [-0.2, -0.15) is 0 Å². The van der Waals surface area contributed by atoms with Gasteiger partial charge in [-0.15, -0.1) is 0 Å². The highest BCUT2D eigenvalue weighted by atomic mass is 16.6. The highest BCUT2D eigenvalue weighted by molar-refractivity contribution is 5.99. The fourth-order valence-corrected chi connectivity index (χ4v) is 5.65. The minimum atomic E-state index is -3.48. The van der Waals surface area contributed by atoms with Crippen molar-refractivity contribution in [3.8, 4) is 0 Å². The molecule has 14 atom stereocenters. The Morgan fingerprint density at radius 2 is 1.35 bits per heavy atom. The minimum absolute atomic E-state index is 0.0371. The molecule has 2 fully saturated rings. The maximum Gasteiger partial charge on any atom is 0.332 e. The third-order valence-electron chi connectivity index (χ3n) is 8.09. The summed E-state index contributed by atoms with van der Waals surface area (Å²) in [5.41, 5.74) is 12.7. The Morgan fingerprint density at radius 3 is 1.79 bits per heavy atom. The molecular formula is C27H44N4O17. The van der Waals surface area contributed by atoms with Crippen LogP contribution in [0.15, 0.2) is 0 Å². The van der Waals surface area contributed by atoms with E-state index in [0.29, 0.717) is 0 Å². The first-order valence-electron chi connectivity index (χ1n) is 15.2. The van der Waals surface area contributed by atoms with Crippen LogP contribution >= 0.6 is 0 Å². The zero-order valence-electron chi connectivity index (χ0n) is 27.2. The van der Waals surface area contributed by atoms with Gasteiger partial charge in [0.2, 0.25) is 17.7 Å². The molecule has 0 radical (unpaired) electrons. The van der Waals surface area contributed by atoms with Crippen LogP contribution in [0, 0.1) is 5.92 Å². The van der Waals surface area contributed by atoms with Crippen LogP contribution < -0.4 is 16.8 Å². The number of carbonyl (C=O) groups excluding carboxylic acids is 3. The molecule has 2 rings (SSSR count). The van der Waals surface area contributed by atoms with Crippen molar-refractivity contribution in [3.63, 3.8) is 0 Å². The number of carbonyl (C=O) groups is 6. The molecule has 0 aliphatic carbocycles. The second kappa shape index (κ2) is 17.3. The molecule has 0 aromatic carbocycles. The number of hydrogen-bond acceptors (Lipinski definition) is 16. The molecule has 0 aromatic heterocycles. The summed E-state index contributed by atoms with van der Waals surface area (Å²) in [5.74, 6) is -11.5. The molecule has 48 heavy (non-hydrogen) atoms. The number of imide groups is 1. The zero-order chi connectivity index (χ0) is 37.7. The van der Waals surface area contributed by atoms with Crippen LogP contribution in [0.5, 0.6) is 0 Å². The molecule has 274 valence electrons. The molecule has 21 nitrogen and oxygen atoms in total. The third-order valence-corrected chi connectivity index (χ3v) is 8.09. The summed E-state index contributed by atoms with van der Waals surface area (Å²) in [4.78, 5) is 75.3. The lowest BCUT2D eigenvalue weighted by Crippen LogP contribution is -2.74. The van der Waals surface area contributed by atoms with Crippen LogP contribution in [0.3, 0.4) is 0 Å². The number of rotatable bonds is 15. The van der Waals surface area contributed by atoms with Crippen LogP contribution in [0.1, 0.15) is 35.0 Å². The Hall–Kier alpha value is -3.38. The molecule has 3 amide bonds. The Morgan fingerprint density at radius 1 is 0.854 bits per heavy atom. The first-order chi connectivity index (χ1) is 22.7.